The number of aryl methyl sites for hydroxylation is 1. The van der Waals surface area contributed by atoms with E-state index in [1.165, 1.54) is 10.1 Å². The number of nitrogens with one attached hydrogen (secondary N) is 1. The quantitative estimate of drug-likeness (QED) is 0.812. The van der Waals surface area contributed by atoms with E-state index in [9.17, 15) is 4.79 Å². The van der Waals surface area contributed by atoms with Gasteiger partial charge in [-0.2, -0.15) is 0 Å². The lowest BCUT2D eigenvalue weighted by molar-refractivity contribution is 0.208. The molecule has 1 unspecified atom stereocenters. The molecular weight excluding hydrogens is 216 g/mol. The fourth-order valence-corrected chi connectivity index (χ4v) is 2.51. The van der Waals surface area contributed by atoms with Gasteiger partial charge in [0.2, 0.25) is 0 Å². The van der Waals surface area contributed by atoms with E-state index in [0.29, 0.717) is 11.5 Å². The minimum atomic E-state index is -0.303. The van der Waals surface area contributed by atoms with Gasteiger partial charge in [0.15, 0.2) is 5.58 Å². The fraction of sp³-hybridized carbons (Fsp3) is 0.462. The van der Waals surface area contributed by atoms with Crippen molar-refractivity contribution in [3.8, 4) is 0 Å². The number of hydrogen-bond donors (Lipinski definition) is 1. The Morgan fingerprint density at radius 3 is 2.82 bits per heavy atom. The van der Waals surface area contributed by atoms with Crippen LogP contribution in [-0.2, 0) is 7.05 Å². The Hall–Kier alpha value is -1.55. The lowest BCUT2D eigenvalue weighted by Gasteiger charge is -2.46. The molecule has 1 saturated heterocycles. The molecule has 2 aromatic rings. The van der Waals surface area contributed by atoms with Gasteiger partial charge in [0.25, 0.3) is 0 Å². The van der Waals surface area contributed by atoms with Crippen molar-refractivity contribution in [2.45, 2.75) is 25.3 Å². The maximum Gasteiger partial charge on any atom is 0.419 e. The van der Waals surface area contributed by atoms with E-state index in [2.05, 4.69) is 25.2 Å². The first kappa shape index (κ1) is 10.6. The third-order valence-corrected chi connectivity index (χ3v) is 3.85. The van der Waals surface area contributed by atoms with Crippen LogP contribution in [0, 0.1) is 0 Å². The van der Waals surface area contributed by atoms with E-state index in [1.807, 2.05) is 12.1 Å². The second-order valence-corrected chi connectivity index (χ2v) is 5.31. The van der Waals surface area contributed by atoms with Gasteiger partial charge < -0.3 is 9.73 Å². The van der Waals surface area contributed by atoms with Gasteiger partial charge in [-0.15, -0.1) is 0 Å². The molecule has 1 aromatic heterocycles. The van der Waals surface area contributed by atoms with Crippen LogP contribution in [-0.4, -0.2) is 16.7 Å². The molecule has 0 radical (unpaired) electrons. The third-order valence-electron chi connectivity index (χ3n) is 3.85. The first-order valence-electron chi connectivity index (χ1n) is 5.83. The maximum atomic E-state index is 11.4. The van der Waals surface area contributed by atoms with E-state index < -0.39 is 0 Å². The van der Waals surface area contributed by atoms with Gasteiger partial charge in [0.1, 0.15) is 0 Å². The highest BCUT2D eigenvalue weighted by molar-refractivity contribution is 5.74. The molecule has 0 saturated carbocycles. The molecule has 4 nitrogen and oxygen atoms in total. The average Bonchev–Trinajstić information content (AvgIpc) is 2.53. The predicted octanol–water partition coefficient (Wildman–Crippen LogP) is 1.60. The summed E-state index contributed by atoms with van der Waals surface area (Å²) in [5.41, 5.74) is 2.89. The lowest BCUT2D eigenvalue weighted by Crippen LogP contribution is -2.59. The van der Waals surface area contributed by atoms with Crippen LogP contribution >= 0.6 is 0 Å². The van der Waals surface area contributed by atoms with Crippen LogP contribution in [0.2, 0.25) is 0 Å². The summed E-state index contributed by atoms with van der Waals surface area (Å²) in [5.74, 6) is 0.181. The molecule has 1 aliphatic rings. The van der Waals surface area contributed by atoms with Crippen LogP contribution in [0.1, 0.15) is 25.3 Å². The summed E-state index contributed by atoms with van der Waals surface area (Å²) < 4.78 is 6.74. The number of fused-ring (bicyclic) bond motifs is 1. The predicted molar refractivity (Wildman–Crippen MR) is 66.3 cm³/mol. The molecule has 0 bridgehead atoms. The van der Waals surface area contributed by atoms with Crippen molar-refractivity contribution in [1.29, 1.82) is 0 Å². The van der Waals surface area contributed by atoms with Crippen LogP contribution in [0.5, 0.6) is 0 Å². The maximum absolute atomic E-state index is 11.4. The molecule has 2 heterocycles. The smallest absolute Gasteiger partial charge is 0.408 e. The summed E-state index contributed by atoms with van der Waals surface area (Å²) in [6.45, 7) is 5.36. The highest BCUT2D eigenvalue weighted by atomic mass is 16.4. The van der Waals surface area contributed by atoms with Gasteiger partial charge in [0, 0.05) is 25.0 Å². The molecule has 1 aliphatic heterocycles. The monoisotopic (exact) mass is 232 g/mol. The van der Waals surface area contributed by atoms with E-state index >= 15 is 0 Å². The Labute approximate surface area is 99.2 Å². The number of rotatable bonds is 1. The van der Waals surface area contributed by atoms with Crippen LogP contribution in [0.25, 0.3) is 11.1 Å². The van der Waals surface area contributed by atoms with E-state index in [-0.39, 0.29) is 11.3 Å². The molecular formula is C13H16N2O2. The van der Waals surface area contributed by atoms with E-state index in [1.54, 1.807) is 7.05 Å². The largest absolute Gasteiger partial charge is 0.419 e. The average molecular weight is 232 g/mol. The van der Waals surface area contributed by atoms with Crippen molar-refractivity contribution in [1.82, 2.24) is 9.88 Å². The topological polar surface area (TPSA) is 47.2 Å². The molecule has 1 aromatic carbocycles. The zero-order valence-electron chi connectivity index (χ0n) is 10.3. The summed E-state index contributed by atoms with van der Waals surface area (Å²) in [6.07, 6.45) is 0. The molecule has 3 rings (SSSR count). The minimum absolute atomic E-state index is 0.128. The van der Waals surface area contributed by atoms with Gasteiger partial charge >= 0.3 is 5.76 Å². The van der Waals surface area contributed by atoms with Gasteiger partial charge in [-0.05, 0) is 31.5 Å². The molecule has 0 aliphatic carbocycles. The normalized spacial score (nSPS) is 22.6. The summed E-state index contributed by atoms with van der Waals surface area (Å²) in [4.78, 5) is 11.4. The molecule has 1 fully saturated rings. The minimum Gasteiger partial charge on any atom is -0.408 e. The van der Waals surface area contributed by atoms with Crippen molar-refractivity contribution >= 4 is 11.1 Å². The summed E-state index contributed by atoms with van der Waals surface area (Å²) in [5, 5.41) is 3.40. The molecule has 17 heavy (non-hydrogen) atoms. The fourth-order valence-electron chi connectivity index (χ4n) is 2.51. The van der Waals surface area contributed by atoms with Crippen molar-refractivity contribution < 1.29 is 4.42 Å². The summed E-state index contributed by atoms with van der Waals surface area (Å²) >= 11 is 0. The van der Waals surface area contributed by atoms with Crippen LogP contribution in [0.4, 0.5) is 0 Å². The summed E-state index contributed by atoms with van der Waals surface area (Å²) in [6, 6.07) is 6.04. The van der Waals surface area contributed by atoms with Crippen molar-refractivity contribution in [2.75, 3.05) is 6.54 Å². The highest BCUT2D eigenvalue weighted by Gasteiger charge is 2.38. The second-order valence-electron chi connectivity index (χ2n) is 5.31. The van der Waals surface area contributed by atoms with E-state index in [0.717, 1.165) is 12.1 Å². The Kier molecular flexibility index (Phi) is 2.01. The van der Waals surface area contributed by atoms with Crippen molar-refractivity contribution in [3.63, 3.8) is 0 Å². The zero-order valence-corrected chi connectivity index (χ0v) is 10.3. The van der Waals surface area contributed by atoms with Crippen LogP contribution in [0.15, 0.2) is 27.4 Å². The molecule has 4 heteroatoms. The lowest BCUT2D eigenvalue weighted by atomic mass is 9.75. The first-order valence-corrected chi connectivity index (χ1v) is 5.83. The standard InChI is InChI=1S/C13H16N2O2/c1-13(2)9(7-14-13)8-4-5-10-11(6-8)17-12(16)15(10)3/h4-6,9,14H,7H2,1-3H3. The molecule has 90 valence electrons. The second kappa shape index (κ2) is 3.23. The number of hydrogen-bond acceptors (Lipinski definition) is 3. The van der Waals surface area contributed by atoms with Crippen molar-refractivity contribution in [2.24, 2.45) is 7.05 Å². The molecule has 0 spiro atoms. The van der Waals surface area contributed by atoms with Gasteiger partial charge in [0.05, 0.1) is 5.52 Å². The first-order chi connectivity index (χ1) is 7.99. The number of aromatic nitrogens is 1. The Morgan fingerprint density at radius 1 is 1.47 bits per heavy atom. The van der Waals surface area contributed by atoms with Crippen molar-refractivity contribution in [3.05, 3.63) is 34.3 Å². The number of nitrogens with zero attached hydrogens (tertiary/aromatic N) is 1. The number of oxazole rings is 1. The Balaban J connectivity index is 2.11. The molecule has 0 amide bonds. The van der Waals surface area contributed by atoms with E-state index in [4.69, 9.17) is 4.42 Å². The highest BCUT2D eigenvalue weighted by Crippen LogP contribution is 2.35. The van der Waals surface area contributed by atoms with Crippen LogP contribution < -0.4 is 11.1 Å². The Morgan fingerprint density at radius 2 is 2.24 bits per heavy atom. The molecule has 1 N–H and O–H groups in total. The van der Waals surface area contributed by atoms with Gasteiger partial charge in [-0.3, -0.25) is 4.57 Å². The number of benzene rings is 1. The SMILES string of the molecule is Cn1c(=O)oc2cc(C3CNC3(C)C)ccc21. The van der Waals surface area contributed by atoms with Crippen LogP contribution in [0.3, 0.4) is 0 Å². The summed E-state index contributed by atoms with van der Waals surface area (Å²) in [7, 11) is 1.72. The molecule has 1 atom stereocenters. The Bertz CT molecular complexity index is 636. The van der Waals surface area contributed by atoms with Gasteiger partial charge in [-0.25, -0.2) is 4.79 Å². The zero-order chi connectivity index (χ0) is 12.2. The third kappa shape index (κ3) is 1.44. The van der Waals surface area contributed by atoms with Gasteiger partial charge in [-0.1, -0.05) is 6.07 Å².